The Balaban J connectivity index is 2.11. The molecule has 0 aliphatic heterocycles. The quantitative estimate of drug-likeness (QED) is 0.344. The maximum absolute atomic E-state index is 13.6. The smallest absolute Gasteiger partial charge is 0.382 e. The lowest BCUT2D eigenvalue weighted by atomic mass is 10.0. The van der Waals surface area contributed by atoms with Crippen molar-refractivity contribution in [3.05, 3.63) is 99.2 Å². The molecule has 0 fully saturated rings. The lowest BCUT2D eigenvalue weighted by Crippen LogP contribution is -2.19. The van der Waals surface area contributed by atoms with Crippen molar-refractivity contribution >= 4 is 44.1 Å². The first-order valence-electron chi connectivity index (χ1n) is 9.50. The lowest BCUT2D eigenvalue weighted by Gasteiger charge is -2.18. The van der Waals surface area contributed by atoms with E-state index in [1.54, 1.807) is 6.07 Å². The maximum Gasteiger partial charge on any atom is 0.416 e. The van der Waals surface area contributed by atoms with Crippen molar-refractivity contribution in [1.82, 2.24) is 3.97 Å². The van der Waals surface area contributed by atoms with E-state index in [2.05, 4.69) is 6.07 Å². The zero-order valence-electron chi connectivity index (χ0n) is 16.9. The predicted octanol–water partition coefficient (Wildman–Crippen LogP) is 6.39. The largest absolute Gasteiger partial charge is 0.416 e. The number of aromatic nitrogens is 1. The van der Waals surface area contributed by atoms with Gasteiger partial charge in [0.1, 0.15) is 6.10 Å². The summed E-state index contributed by atoms with van der Waals surface area (Å²) >= 11 is 12.4. The fourth-order valence-corrected chi connectivity index (χ4v) is 5.79. The molecule has 0 amide bonds. The van der Waals surface area contributed by atoms with E-state index in [0.717, 1.165) is 12.1 Å². The van der Waals surface area contributed by atoms with Crippen LogP contribution in [0.3, 0.4) is 0 Å². The van der Waals surface area contributed by atoms with Gasteiger partial charge in [-0.25, -0.2) is 12.4 Å². The molecule has 1 atom stereocenters. The summed E-state index contributed by atoms with van der Waals surface area (Å²) in [6.07, 6.45) is -6.37. The number of fused-ring (bicyclic) bond motifs is 1. The van der Waals surface area contributed by atoms with Crippen LogP contribution in [0, 0.1) is 13.0 Å². The molecular weight excluding hydrogens is 498 g/mol. The Labute approximate surface area is 197 Å². The van der Waals surface area contributed by atoms with Crippen LogP contribution in [0.25, 0.3) is 10.9 Å². The Morgan fingerprint density at radius 2 is 1.73 bits per heavy atom. The topological polar surface area (TPSA) is 59.3 Å². The Hall–Kier alpha value is -2.52. The summed E-state index contributed by atoms with van der Waals surface area (Å²) in [6, 6.07) is 15.7. The van der Waals surface area contributed by atoms with Crippen LogP contribution in [0.1, 0.15) is 28.5 Å². The van der Waals surface area contributed by atoms with Gasteiger partial charge in [-0.15, -0.1) is 0 Å². The van der Waals surface area contributed by atoms with Crippen LogP contribution < -0.4 is 0 Å². The van der Waals surface area contributed by atoms with Crippen molar-refractivity contribution in [2.45, 2.75) is 24.1 Å². The molecule has 4 aromatic rings. The summed E-state index contributed by atoms with van der Waals surface area (Å²) in [6.45, 7) is 1.43. The summed E-state index contributed by atoms with van der Waals surface area (Å²) in [5.41, 5.74) is -1.28. The molecule has 4 rings (SSSR count). The van der Waals surface area contributed by atoms with Crippen LogP contribution >= 0.6 is 23.2 Å². The molecule has 0 bridgehead atoms. The second kappa shape index (κ2) is 8.36. The maximum atomic E-state index is 13.6. The van der Waals surface area contributed by atoms with Gasteiger partial charge in [0.25, 0.3) is 10.0 Å². The monoisotopic (exact) mass is 512 g/mol. The highest BCUT2D eigenvalue weighted by Gasteiger charge is 2.34. The Morgan fingerprint density at radius 3 is 2.33 bits per heavy atom. The van der Waals surface area contributed by atoms with Crippen molar-refractivity contribution in [2.24, 2.45) is 0 Å². The third-order valence-electron chi connectivity index (χ3n) is 5.21. The Kier molecular flexibility index (Phi) is 5.99. The average molecular weight is 513 g/mol. The van der Waals surface area contributed by atoms with E-state index >= 15 is 0 Å². The minimum atomic E-state index is -4.70. The van der Waals surface area contributed by atoms with Crippen LogP contribution in [-0.4, -0.2) is 17.5 Å². The van der Waals surface area contributed by atoms with Gasteiger partial charge in [0, 0.05) is 22.0 Å². The molecule has 1 radical (unpaired) electrons. The first-order valence-corrected chi connectivity index (χ1v) is 11.7. The number of rotatable bonds is 4. The molecule has 33 heavy (non-hydrogen) atoms. The van der Waals surface area contributed by atoms with Gasteiger partial charge in [-0.1, -0.05) is 47.5 Å². The zero-order valence-corrected chi connectivity index (χ0v) is 19.2. The first-order chi connectivity index (χ1) is 15.4. The molecule has 1 unspecified atom stereocenters. The Bertz CT molecular complexity index is 1450. The van der Waals surface area contributed by atoms with Gasteiger partial charge in [-0.05, 0) is 48.9 Å². The minimum absolute atomic E-state index is 0.0122. The summed E-state index contributed by atoms with van der Waals surface area (Å²) in [4.78, 5) is -0.164. The van der Waals surface area contributed by atoms with Gasteiger partial charge < -0.3 is 5.11 Å². The molecule has 1 heterocycles. The van der Waals surface area contributed by atoms with E-state index in [1.807, 2.05) is 0 Å². The Morgan fingerprint density at radius 1 is 1.06 bits per heavy atom. The van der Waals surface area contributed by atoms with Crippen molar-refractivity contribution in [1.29, 1.82) is 0 Å². The first kappa shape index (κ1) is 23.6. The number of nitrogens with zero attached hydrogens (tertiary/aromatic N) is 1. The third-order valence-corrected chi connectivity index (χ3v) is 7.60. The van der Waals surface area contributed by atoms with E-state index in [4.69, 9.17) is 23.2 Å². The summed E-state index contributed by atoms with van der Waals surface area (Å²) in [7, 11) is -4.42. The molecule has 0 spiro atoms. The molecule has 171 valence electrons. The molecule has 1 N–H and O–H groups in total. The zero-order chi connectivity index (χ0) is 24.1. The van der Waals surface area contributed by atoms with Crippen molar-refractivity contribution in [3.63, 3.8) is 0 Å². The average Bonchev–Trinajstić information content (AvgIpc) is 3.14. The van der Waals surface area contributed by atoms with E-state index in [-0.39, 0.29) is 42.7 Å². The van der Waals surface area contributed by atoms with Gasteiger partial charge in [0.2, 0.25) is 0 Å². The molecule has 4 nitrogen and oxygen atoms in total. The molecule has 1 aromatic heterocycles. The van der Waals surface area contributed by atoms with Crippen LogP contribution in [-0.2, 0) is 16.2 Å². The highest BCUT2D eigenvalue weighted by atomic mass is 35.5. The van der Waals surface area contributed by atoms with E-state index < -0.39 is 27.9 Å². The predicted molar refractivity (Wildman–Crippen MR) is 120 cm³/mol. The standard InChI is InChI=1S/C23H15Cl2F3NO3S/c1-13-10-14(23(26,27)28)11-19-16(13)12-20(22(30)21-17(24)8-5-9-18(21)25)29(19)33(31,32)15-6-3-2-4-7-15/h2-8,10-12,22,30H,1H3. The van der Waals surface area contributed by atoms with Gasteiger partial charge in [0.05, 0.1) is 26.7 Å². The van der Waals surface area contributed by atoms with E-state index in [0.29, 0.717) is 3.97 Å². The number of aryl methyl sites for hydroxylation is 1. The van der Waals surface area contributed by atoms with Gasteiger partial charge in [-0.2, -0.15) is 13.2 Å². The summed E-state index contributed by atoms with van der Waals surface area (Å²) in [5, 5.41) is 11.4. The molecule has 0 saturated heterocycles. The van der Waals surface area contributed by atoms with Crippen LogP contribution in [0.2, 0.25) is 10.0 Å². The van der Waals surface area contributed by atoms with E-state index in [9.17, 15) is 26.7 Å². The summed E-state index contributed by atoms with van der Waals surface area (Å²) in [5.74, 6) is 0. The van der Waals surface area contributed by atoms with Crippen LogP contribution in [0.5, 0.6) is 0 Å². The highest BCUT2D eigenvalue weighted by Crippen LogP contribution is 2.40. The SMILES string of the molecule is Cc1cc(C(F)(F)F)cc2c1cc(C(O)c1c(Cl)[c]ccc1Cl)n2S(=O)(=O)c1ccccc1. The van der Waals surface area contributed by atoms with Gasteiger partial charge >= 0.3 is 6.18 Å². The fourth-order valence-electron chi connectivity index (χ4n) is 3.66. The molecule has 10 heteroatoms. The number of hydrogen-bond donors (Lipinski definition) is 1. The molecule has 0 aliphatic rings. The van der Waals surface area contributed by atoms with Gasteiger partial charge in [0.15, 0.2) is 0 Å². The van der Waals surface area contributed by atoms with Crippen molar-refractivity contribution in [2.75, 3.05) is 0 Å². The number of halogens is 5. The molecular formula is C23H15Cl2F3NO3S. The molecule has 3 aromatic carbocycles. The lowest BCUT2D eigenvalue weighted by molar-refractivity contribution is -0.137. The molecule has 0 aliphatic carbocycles. The number of alkyl halides is 3. The number of benzene rings is 3. The second-order valence-corrected chi connectivity index (χ2v) is 9.90. The fraction of sp³-hybridized carbons (Fsp3) is 0.130. The number of aliphatic hydroxyl groups excluding tert-OH is 1. The number of hydrogen-bond acceptors (Lipinski definition) is 3. The van der Waals surface area contributed by atoms with Crippen LogP contribution in [0.15, 0.2) is 65.6 Å². The minimum Gasteiger partial charge on any atom is -0.382 e. The molecule has 0 saturated carbocycles. The second-order valence-electron chi connectivity index (χ2n) is 7.33. The highest BCUT2D eigenvalue weighted by molar-refractivity contribution is 7.90. The van der Waals surface area contributed by atoms with Crippen molar-refractivity contribution < 1.29 is 26.7 Å². The normalized spacial score (nSPS) is 13.4. The third kappa shape index (κ3) is 4.12. The van der Waals surface area contributed by atoms with E-state index in [1.165, 1.54) is 49.4 Å². The van der Waals surface area contributed by atoms with Gasteiger partial charge in [-0.3, -0.25) is 0 Å². The summed E-state index contributed by atoms with van der Waals surface area (Å²) < 4.78 is 68.5. The van der Waals surface area contributed by atoms with Crippen molar-refractivity contribution in [3.8, 4) is 0 Å². The van der Waals surface area contributed by atoms with Crippen LogP contribution in [0.4, 0.5) is 13.2 Å². The number of aliphatic hydroxyl groups is 1.